The standard InChI is InChI=1S/C27H31NO4/c1-16-7-8-18(11-17(16)2)28-22-14-27(3,4)15-23(29)26(22)21(13-25(28)30)20-12-19(31-5)9-10-24(20)32-6/h7-12,21H,13-15H2,1-6H3. The summed E-state index contributed by atoms with van der Waals surface area (Å²) in [5, 5.41) is 0. The number of carbonyl (C=O) groups is 2. The largest absolute Gasteiger partial charge is 0.497 e. The van der Waals surface area contributed by atoms with Crippen molar-refractivity contribution in [2.24, 2.45) is 5.41 Å². The fourth-order valence-corrected chi connectivity index (χ4v) is 4.96. The van der Waals surface area contributed by atoms with Crippen molar-refractivity contribution in [1.29, 1.82) is 0 Å². The number of Topliss-reactive ketones (excluding diaryl/α,β-unsaturated/α-hetero) is 1. The Labute approximate surface area is 190 Å². The maximum atomic E-state index is 13.6. The van der Waals surface area contributed by atoms with Crippen LogP contribution in [0, 0.1) is 19.3 Å². The minimum absolute atomic E-state index is 0.00706. The Balaban J connectivity index is 1.93. The Hall–Kier alpha value is -3.08. The summed E-state index contributed by atoms with van der Waals surface area (Å²) < 4.78 is 11.0. The molecule has 0 bridgehead atoms. The number of allylic oxidation sites excluding steroid dienone is 2. The number of rotatable bonds is 4. The SMILES string of the molecule is COc1ccc(OC)c(C2CC(=O)N(c3ccc(C)c(C)c3)C3=C2C(=O)CC(C)(C)C3)c1. The minimum Gasteiger partial charge on any atom is -0.497 e. The number of ether oxygens (including phenoxy) is 2. The van der Waals surface area contributed by atoms with Gasteiger partial charge >= 0.3 is 0 Å². The van der Waals surface area contributed by atoms with Crippen LogP contribution in [0.25, 0.3) is 0 Å². The third-order valence-corrected chi connectivity index (χ3v) is 6.70. The van der Waals surface area contributed by atoms with E-state index >= 15 is 0 Å². The molecule has 1 heterocycles. The van der Waals surface area contributed by atoms with E-state index in [1.165, 1.54) is 5.56 Å². The summed E-state index contributed by atoms with van der Waals surface area (Å²) in [6.45, 7) is 8.28. The van der Waals surface area contributed by atoms with Crippen LogP contribution in [0.3, 0.4) is 0 Å². The molecule has 0 N–H and O–H groups in total. The molecule has 0 saturated carbocycles. The number of benzene rings is 2. The van der Waals surface area contributed by atoms with Gasteiger partial charge in [-0.15, -0.1) is 0 Å². The summed E-state index contributed by atoms with van der Waals surface area (Å²) in [5.41, 5.74) is 5.28. The number of carbonyl (C=O) groups excluding carboxylic acids is 2. The van der Waals surface area contributed by atoms with Gasteiger partial charge in [-0.3, -0.25) is 14.5 Å². The molecule has 0 spiro atoms. The first kappa shape index (κ1) is 22.1. The Morgan fingerprint density at radius 3 is 2.34 bits per heavy atom. The van der Waals surface area contributed by atoms with Crippen molar-refractivity contribution < 1.29 is 19.1 Å². The van der Waals surface area contributed by atoms with Crippen molar-refractivity contribution in [3.05, 3.63) is 64.4 Å². The number of amides is 1. The van der Waals surface area contributed by atoms with Crippen LogP contribution in [-0.4, -0.2) is 25.9 Å². The van der Waals surface area contributed by atoms with E-state index in [0.717, 1.165) is 28.1 Å². The molecule has 168 valence electrons. The van der Waals surface area contributed by atoms with Crippen molar-refractivity contribution in [3.63, 3.8) is 0 Å². The van der Waals surface area contributed by atoms with Crippen LogP contribution in [-0.2, 0) is 9.59 Å². The highest BCUT2D eigenvalue weighted by Crippen LogP contribution is 2.50. The molecule has 0 saturated heterocycles. The van der Waals surface area contributed by atoms with Crippen LogP contribution in [0.15, 0.2) is 47.7 Å². The second-order valence-electron chi connectivity index (χ2n) is 9.66. The number of aryl methyl sites for hydroxylation is 2. The van der Waals surface area contributed by atoms with E-state index < -0.39 is 0 Å². The van der Waals surface area contributed by atoms with Gasteiger partial charge in [-0.1, -0.05) is 19.9 Å². The average Bonchev–Trinajstić information content (AvgIpc) is 2.73. The predicted molar refractivity (Wildman–Crippen MR) is 125 cm³/mol. The topological polar surface area (TPSA) is 55.8 Å². The second-order valence-corrected chi connectivity index (χ2v) is 9.66. The average molecular weight is 434 g/mol. The smallest absolute Gasteiger partial charge is 0.232 e. The van der Waals surface area contributed by atoms with Crippen molar-refractivity contribution in [2.75, 3.05) is 19.1 Å². The Kier molecular flexibility index (Phi) is 5.61. The highest BCUT2D eigenvalue weighted by Gasteiger charge is 2.45. The molecule has 2 aliphatic rings. The monoisotopic (exact) mass is 433 g/mol. The number of hydrogen-bond acceptors (Lipinski definition) is 4. The van der Waals surface area contributed by atoms with Crippen LogP contribution in [0.4, 0.5) is 5.69 Å². The molecule has 5 nitrogen and oxygen atoms in total. The Morgan fingerprint density at radius 2 is 1.69 bits per heavy atom. The van der Waals surface area contributed by atoms with E-state index in [1.807, 2.05) is 43.3 Å². The van der Waals surface area contributed by atoms with Gasteiger partial charge in [0.2, 0.25) is 5.91 Å². The van der Waals surface area contributed by atoms with Crippen molar-refractivity contribution in [2.45, 2.75) is 52.9 Å². The maximum Gasteiger partial charge on any atom is 0.232 e. The zero-order valence-corrected chi connectivity index (χ0v) is 19.7. The highest BCUT2D eigenvalue weighted by atomic mass is 16.5. The molecule has 0 aromatic heterocycles. The summed E-state index contributed by atoms with van der Waals surface area (Å²) in [6.07, 6.45) is 1.33. The number of methoxy groups -OCH3 is 2. The molecule has 1 unspecified atom stereocenters. The predicted octanol–water partition coefficient (Wildman–Crippen LogP) is 5.48. The Morgan fingerprint density at radius 1 is 0.938 bits per heavy atom. The van der Waals surface area contributed by atoms with Gasteiger partial charge in [0.05, 0.1) is 14.2 Å². The lowest BCUT2D eigenvalue weighted by atomic mass is 9.69. The quantitative estimate of drug-likeness (QED) is 0.640. The first-order valence-corrected chi connectivity index (χ1v) is 11.0. The number of ketones is 1. The normalized spacial score (nSPS) is 20.3. The number of nitrogens with zero attached hydrogens (tertiary/aromatic N) is 1. The van der Waals surface area contributed by atoms with E-state index in [-0.39, 0.29) is 29.4 Å². The van der Waals surface area contributed by atoms with Crippen LogP contribution in [0.2, 0.25) is 0 Å². The zero-order chi connectivity index (χ0) is 23.2. The fraction of sp³-hybridized carbons (Fsp3) is 0.407. The lowest BCUT2D eigenvalue weighted by molar-refractivity contribution is -0.121. The molecule has 2 aromatic rings. The second kappa shape index (κ2) is 8.12. The molecule has 0 radical (unpaired) electrons. The molecule has 1 aliphatic carbocycles. The molecule has 32 heavy (non-hydrogen) atoms. The van der Waals surface area contributed by atoms with Crippen molar-refractivity contribution >= 4 is 17.4 Å². The zero-order valence-electron chi connectivity index (χ0n) is 19.7. The number of anilines is 1. The van der Waals surface area contributed by atoms with Crippen LogP contribution in [0.5, 0.6) is 11.5 Å². The van der Waals surface area contributed by atoms with Gasteiger partial charge in [-0.05, 0) is 67.1 Å². The minimum atomic E-state index is -0.353. The number of hydrogen-bond donors (Lipinski definition) is 0. The van der Waals surface area contributed by atoms with Crippen LogP contribution < -0.4 is 14.4 Å². The molecule has 4 rings (SSSR count). The summed E-state index contributed by atoms with van der Waals surface area (Å²) in [4.78, 5) is 28.9. The van der Waals surface area contributed by atoms with E-state index in [9.17, 15) is 9.59 Å². The molecule has 1 aliphatic heterocycles. The van der Waals surface area contributed by atoms with Gasteiger partial charge in [0.1, 0.15) is 11.5 Å². The summed E-state index contributed by atoms with van der Waals surface area (Å²) >= 11 is 0. The first-order valence-electron chi connectivity index (χ1n) is 11.0. The third kappa shape index (κ3) is 3.81. The van der Waals surface area contributed by atoms with Crippen LogP contribution >= 0.6 is 0 Å². The summed E-state index contributed by atoms with van der Waals surface area (Å²) in [6, 6.07) is 11.6. The third-order valence-electron chi connectivity index (χ3n) is 6.70. The summed E-state index contributed by atoms with van der Waals surface area (Å²) in [7, 11) is 3.22. The molecule has 2 aromatic carbocycles. The Bertz CT molecular complexity index is 1130. The van der Waals surface area contributed by atoms with Crippen LogP contribution in [0.1, 0.15) is 55.7 Å². The molecule has 0 fully saturated rings. The molecular weight excluding hydrogens is 402 g/mol. The van der Waals surface area contributed by atoms with Gasteiger partial charge < -0.3 is 9.47 Å². The van der Waals surface area contributed by atoms with Gasteiger partial charge in [0, 0.05) is 41.3 Å². The highest BCUT2D eigenvalue weighted by molar-refractivity contribution is 6.08. The van der Waals surface area contributed by atoms with E-state index in [2.05, 4.69) is 20.8 Å². The maximum absolute atomic E-state index is 13.6. The molecule has 1 amide bonds. The van der Waals surface area contributed by atoms with Gasteiger partial charge in [-0.2, -0.15) is 0 Å². The first-order chi connectivity index (χ1) is 15.1. The van der Waals surface area contributed by atoms with Gasteiger partial charge in [0.25, 0.3) is 0 Å². The van der Waals surface area contributed by atoms with Crippen molar-refractivity contribution in [3.8, 4) is 11.5 Å². The molecular formula is C27H31NO4. The lowest BCUT2D eigenvalue weighted by Gasteiger charge is -2.43. The van der Waals surface area contributed by atoms with E-state index in [0.29, 0.717) is 24.3 Å². The van der Waals surface area contributed by atoms with Gasteiger partial charge in [-0.25, -0.2) is 0 Å². The van der Waals surface area contributed by atoms with E-state index in [1.54, 1.807) is 19.1 Å². The molecule has 5 heteroatoms. The van der Waals surface area contributed by atoms with Gasteiger partial charge in [0.15, 0.2) is 5.78 Å². The van der Waals surface area contributed by atoms with E-state index in [4.69, 9.17) is 9.47 Å². The fourth-order valence-electron chi connectivity index (χ4n) is 4.96. The summed E-state index contributed by atoms with van der Waals surface area (Å²) in [5.74, 6) is 1.08. The van der Waals surface area contributed by atoms with Crippen molar-refractivity contribution in [1.82, 2.24) is 0 Å². The lowest BCUT2D eigenvalue weighted by Crippen LogP contribution is -2.43. The molecule has 1 atom stereocenters.